The molecule has 3 N–H and O–H groups in total. The van der Waals surface area contributed by atoms with E-state index in [-0.39, 0.29) is 5.91 Å². The fraction of sp³-hybridized carbons (Fsp3) is 0.917. The molecule has 1 saturated carbocycles. The van der Waals surface area contributed by atoms with Gasteiger partial charge in [0.05, 0.1) is 0 Å². The van der Waals surface area contributed by atoms with Gasteiger partial charge in [-0.25, -0.2) is 0 Å². The Hall–Kier alpha value is -0.220. The van der Waals surface area contributed by atoms with Gasteiger partial charge in [-0.1, -0.05) is 19.8 Å². The molecule has 4 heteroatoms. The van der Waals surface area contributed by atoms with Gasteiger partial charge in [-0.3, -0.25) is 4.79 Å². The molecule has 0 radical (unpaired) electrons. The van der Waals surface area contributed by atoms with Crippen LogP contribution in [0.1, 0.15) is 39.0 Å². The highest BCUT2D eigenvalue weighted by Crippen LogP contribution is 2.28. The van der Waals surface area contributed by atoms with Crippen molar-refractivity contribution >= 4 is 17.7 Å². The molecule has 16 heavy (non-hydrogen) atoms. The van der Waals surface area contributed by atoms with Crippen LogP contribution in [0.3, 0.4) is 0 Å². The van der Waals surface area contributed by atoms with Gasteiger partial charge in [0, 0.05) is 17.7 Å². The van der Waals surface area contributed by atoms with E-state index in [2.05, 4.69) is 18.5 Å². The summed E-state index contributed by atoms with van der Waals surface area (Å²) in [4.78, 5) is 11.8. The summed E-state index contributed by atoms with van der Waals surface area (Å²) < 4.78 is 0. The fourth-order valence-corrected chi connectivity index (χ4v) is 3.23. The second-order valence-electron chi connectivity index (χ2n) is 4.59. The average molecular weight is 244 g/mol. The van der Waals surface area contributed by atoms with E-state index in [0.717, 1.165) is 12.8 Å². The SMILES string of the molecule is CCC(CN)CC(=O)NC1CCCC1SC. The number of nitrogens with two attached hydrogens (primary N) is 1. The molecule has 1 amide bonds. The zero-order chi connectivity index (χ0) is 12.0. The smallest absolute Gasteiger partial charge is 0.220 e. The van der Waals surface area contributed by atoms with Crippen LogP contribution < -0.4 is 11.1 Å². The normalized spacial score (nSPS) is 26.7. The van der Waals surface area contributed by atoms with Crippen molar-refractivity contribution in [2.75, 3.05) is 12.8 Å². The maximum atomic E-state index is 11.8. The molecule has 0 spiro atoms. The first-order chi connectivity index (χ1) is 7.71. The predicted octanol–water partition coefficient (Wildman–Crippen LogP) is 1.76. The van der Waals surface area contributed by atoms with Gasteiger partial charge in [-0.2, -0.15) is 11.8 Å². The summed E-state index contributed by atoms with van der Waals surface area (Å²) in [6, 6.07) is 0.387. The van der Waals surface area contributed by atoms with E-state index in [1.54, 1.807) is 0 Å². The molecular formula is C12H24N2OS. The van der Waals surface area contributed by atoms with E-state index in [1.807, 2.05) is 11.8 Å². The van der Waals surface area contributed by atoms with Crippen LogP contribution in [-0.4, -0.2) is 30.0 Å². The molecule has 1 aliphatic rings. The van der Waals surface area contributed by atoms with Gasteiger partial charge in [-0.15, -0.1) is 0 Å². The maximum Gasteiger partial charge on any atom is 0.220 e. The van der Waals surface area contributed by atoms with Crippen molar-refractivity contribution in [3.05, 3.63) is 0 Å². The molecule has 1 aliphatic carbocycles. The fourth-order valence-electron chi connectivity index (χ4n) is 2.30. The largest absolute Gasteiger partial charge is 0.352 e. The molecule has 94 valence electrons. The lowest BCUT2D eigenvalue weighted by Crippen LogP contribution is -2.39. The number of amides is 1. The molecule has 0 heterocycles. The Bertz CT molecular complexity index is 219. The van der Waals surface area contributed by atoms with Crippen LogP contribution in [0.2, 0.25) is 0 Å². The van der Waals surface area contributed by atoms with E-state index >= 15 is 0 Å². The van der Waals surface area contributed by atoms with Crippen molar-refractivity contribution in [1.29, 1.82) is 0 Å². The van der Waals surface area contributed by atoms with Gasteiger partial charge in [-0.05, 0) is 31.6 Å². The minimum absolute atomic E-state index is 0.184. The van der Waals surface area contributed by atoms with Crippen LogP contribution in [0, 0.1) is 5.92 Å². The van der Waals surface area contributed by atoms with Crippen molar-refractivity contribution in [3.8, 4) is 0 Å². The third-order valence-corrected chi connectivity index (χ3v) is 4.66. The minimum Gasteiger partial charge on any atom is -0.352 e. The molecule has 0 aliphatic heterocycles. The van der Waals surface area contributed by atoms with E-state index in [1.165, 1.54) is 12.8 Å². The Morgan fingerprint density at radius 3 is 2.88 bits per heavy atom. The summed E-state index contributed by atoms with van der Waals surface area (Å²) in [5.74, 6) is 0.525. The molecule has 3 unspecified atom stereocenters. The van der Waals surface area contributed by atoms with Crippen molar-refractivity contribution in [1.82, 2.24) is 5.32 Å². The predicted molar refractivity (Wildman–Crippen MR) is 70.5 cm³/mol. The lowest BCUT2D eigenvalue weighted by Gasteiger charge is -2.20. The van der Waals surface area contributed by atoms with Crippen molar-refractivity contribution in [2.24, 2.45) is 11.7 Å². The van der Waals surface area contributed by atoms with E-state index < -0.39 is 0 Å². The molecule has 0 bridgehead atoms. The zero-order valence-corrected chi connectivity index (χ0v) is 11.2. The van der Waals surface area contributed by atoms with Crippen LogP contribution >= 0.6 is 11.8 Å². The number of carbonyl (C=O) groups is 1. The number of rotatable bonds is 6. The second-order valence-corrected chi connectivity index (χ2v) is 5.67. The Labute approximate surface area is 103 Å². The van der Waals surface area contributed by atoms with Gasteiger partial charge < -0.3 is 11.1 Å². The molecule has 1 rings (SSSR count). The highest BCUT2D eigenvalue weighted by Gasteiger charge is 2.27. The molecule has 3 nitrogen and oxygen atoms in total. The van der Waals surface area contributed by atoms with Crippen LogP contribution in [-0.2, 0) is 4.79 Å². The third-order valence-electron chi connectivity index (χ3n) is 3.49. The molecule has 3 atom stereocenters. The first kappa shape index (κ1) is 13.8. The molecule has 0 aromatic carbocycles. The Morgan fingerprint density at radius 2 is 2.31 bits per heavy atom. The number of thioether (sulfide) groups is 1. The van der Waals surface area contributed by atoms with Gasteiger partial charge in [0.15, 0.2) is 0 Å². The van der Waals surface area contributed by atoms with Gasteiger partial charge >= 0.3 is 0 Å². The minimum atomic E-state index is 0.184. The zero-order valence-electron chi connectivity index (χ0n) is 10.4. The van der Waals surface area contributed by atoms with Crippen molar-refractivity contribution < 1.29 is 4.79 Å². The number of hydrogen-bond donors (Lipinski definition) is 2. The lowest BCUT2D eigenvalue weighted by molar-refractivity contribution is -0.122. The standard InChI is InChI=1S/C12H24N2OS/c1-3-9(8-13)7-12(15)14-10-5-4-6-11(10)16-2/h9-11H,3-8,13H2,1-2H3,(H,14,15). The summed E-state index contributed by atoms with van der Waals surface area (Å²) in [6.07, 6.45) is 7.32. The summed E-state index contributed by atoms with van der Waals surface area (Å²) in [5.41, 5.74) is 5.61. The van der Waals surface area contributed by atoms with E-state index in [4.69, 9.17) is 5.73 Å². The summed E-state index contributed by atoms with van der Waals surface area (Å²) in [5, 5.41) is 3.78. The van der Waals surface area contributed by atoms with Crippen LogP contribution in [0.15, 0.2) is 0 Å². The van der Waals surface area contributed by atoms with Crippen molar-refractivity contribution in [2.45, 2.75) is 50.3 Å². The van der Waals surface area contributed by atoms with Gasteiger partial charge in [0.1, 0.15) is 0 Å². The molecular weight excluding hydrogens is 220 g/mol. The Kier molecular flexibility index (Phi) is 6.21. The summed E-state index contributed by atoms with van der Waals surface area (Å²) in [7, 11) is 0. The number of nitrogens with one attached hydrogen (secondary N) is 1. The average Bonchev–Trinajstić information content (AvgIpc) is 2.73. The Balaban J connectivity index is 2.33. The topological polar surface area (TPSA) is 55.1 Å². The Morgan fingerprint density at radius 1 is 1.56 bits per heavy atom. The molecule has 0 aromatic heterocycles. The van der Waals surface area contributed by atoms with Crippen LogP contribution in [0.4, 0.5) is 0 Å². The molecule has 0 aromatic rings. The van der Waals surface area contributed by atoms with Gasteiger partial charge in [0.2, 0.25) is 5.91 Å². The monoisotopic (exact) mass is 244 g/mol. The summed E-state index contributed by atoms with van der Waals surface area (Å²) >= 11 is 1.87. The maximum absolute atomic E-state index is 11.8. The van der Waals surface area contributed by atoms with Crippen LogP contribution in [0.5, 0.6) is 0 Å². The second kappa shape index (κ2) is 7.17. The highest BCUT2D eigenvalue weighted by atomic mass is 32.2. The summed E-state index contributed by atoms with van der Waals surface area (Å²) in [6.45, 7) is 2.70. The quantitative estimate of drug-likeness (QED) is 0.748. The first-order valence-electron chi connectivity index (χ1n) is 6.23. The lowest BCUT2D eigenvalue weighted by atomic mass is 10.0. The van der Waals surface area contributed by atoms with E-state index in [9.17, 15) is 4.79 Å². The van der Waals surface area contributed by atoms with Gasteiger partial charge in [0.25, 0.3) is 0 Å². The molecule has 0 saturated heterocycles. The molecule has 1 fully saturated rings. The highest BCUT2D eigenvalue weighted by molar-refractivity contribution is 7.99. The third kappa shape index (κ3) is 3.98. The number of carbonyl (C=O) groups excluding carboxylic acids is 1. The number of hydrogen-bond acceptors (Lipinski definition) is 3. The van der Waals surface area contributed by atoms with Crippen molar-refractivity contribution in [3.63, 3.8) is 0 Å². The van der Waals surface area contributed by atoms with Crippen LogP contribution in [0.25, 0.3) is 0 Å². The first-order valence-corrected chi connectivity index (χ1v) is 7.52. The van der Waals surface area contributed by atoms with E-state index in [0.29, 0.717) is 30.2 Å².